The standard InChI is InChI=1S/C37H24N2O/c1-23-14-17-34-29(20-23)26-8-2-5-11-32(26)38(34)24-15-18-35-30(21-24)27-9-3-6-12-33(27)39(35)25-16-19-37-31(22-25)28-10-4-7-13-36(28)40-37/h2-22H,1H3. The molecule has 0 saturated carbocycles. The van der Waals surface area contributed by atoms with Gasteiger partial charge in [0.05, 0.1) is 22.1 Å². The highest BCUT2D eigenvalue weighted by atomic mass is 16.3. The van der Waals surface area contributed by atoms with Gasteiger partial charge in [0.25, 0.3) is 0 Å². The van der Waals surface area contributed by atoms with Crippen molar-refractivity contribution in [2.24, 2.45) is 0 Å². The lowest BCUT2D eigenvalue weighted by Gasteiger charge is -2.10. The van der Waals surface area contributed by atoms with E-state index in [2.05, 4.69) is 131 Å². The van der Waals surface area contributed by atoms with Crippen LogP contribution in [0.25, 0.3) is 76.9 Å². The summed E-state index contributed by atoms with van der Waals surface area (Å²) in [6.07, 6.45) is 0. The number of rotatable bonds is 2. The SMILES string of the molecule is Cc1ccc2c(c1)c1ccccc1n2-c1ccc2c(c1)c1ccccc1n2-c1ccc2oc3ccccc3c2c1. The summed E-state index contributed by atoms with van der Waals surface area (Å²) >= 11 is 0. The summed E-state index contributed by atoms with van der Waals surface area (Å²) in [5, 5.41) is 7.33. The molecule has 188 valence electrons. The van der Waals surface area contributed by atoms with Crippen molar-refractivity contribution in [3.8, 4) is 11.4 Å². The fraction of sp³-hybridized carbons (Fsp3) is 0.0270. The quantitative estimate of drug-likeness (QED) is 0.226. The molecule has 0 aliphatic rings. The van der Waals surface area contributed by atoms with Crippen LogP contribution in [0.5, 0.6) is 0 Å². The maximum absolute atomic E-state index is 6.12. The molecular weight excluding hydrogens is 488 g/mol. The Hall–Kier alpha value is -5.28. The molecule has 0 amide bonds. The molecule has 9 rings (SSSR count). The predicted octanol–water partition coefficient (Wildman–Crippen LogP) is 10.1. The molecule has 0 spiro atoms. The van der Waals surface area contributed by atoms with Gasteiger partial charge >= 0.3 is 0 Å². The molecule has 0 fully saturated rings. The van der Waals surface area contributed by atoms with Crippen molar-refractivity contribution in [2.45, 2.75) is 6.92 Å². The highest BCUT2D eigenvalue weighted by Gasteiger charge is 2.17. The zero-order valence-corrected chi connectivity index (χ0v) is 21.9. The normalized spacial score (nSPS) is 12.1. The number of furan rings is 1. The minimum Gasteiger partial charge on any atom is -0.456 e. The first kappa shape index (κ1) is 21.6. The Labute approximate surface area is 230 Å². The zero-order valence-electron chi connectivity index (χ0n) is 21.9. The van der Waals surface area contributed by atoms with E-state index in [9.17, 15) is 0 Å². The smallest absolute Gasteiger partial charge is 0.135 e. The fourth-order valence-corrected chi connectivity index (χ4v) is 6.60. The predicted molar refractivity (Wildman–Crippen MR) is 167 cm³/mol. The Morgan fingerprint density at radius 1 is 0.400 bits per heavy atom. The highest BCUT2D eigenvalue weighted by Crippen LogP contribution is 2.38. The first-order chi connectivity index (χ1) is 19.7. The molecule has 3 heteroatoms. The molecule has 40 heavy (non-hydrogen) atoms. The molecule has 0 radical (unpaired) electrons. The van der Waals surface area contributed by atoms with E-state index in [1.54, 1.807) is 0 Å². The lowest BCUT2D eigenvalue weighted by Crippen LogP contribution is -1.95. The van der Waals surface area contributed by atoms with E-state index in [0.29, 0.717) is 0 Å². The van der Waals surface area contributed by atoms with Crippen LogP contribution >= 0.6 is 0 Å². The van der Waals surface area contributed by atoms with Crippen LogP contribution in [0.15, 0.2) is 132 Å². The number of nitrogens with zero attached hydrogens (tertiary/aromatic N) is 2. The molecule has 0 saturated heterocycles. The summed E-state index contributed by atoms with van der Waals surface area (Å²) in [4.78, 5) is 0. The van der Waals surface area contributed by atoms with Crippen molar-refractivity contribution in [1.82, 2.24) is 9.13 Å². The summed E-state index contributed by atoms with van der Waals surface area (Å²) in [5.41, 5.74) is 10.2. The van der Waals surface area contributed by atoms with Crippen LogP contribution in [0.3, 0.4) is 0 Å². The van der Waals surface area contributed by atoms with Crippen molar-refractivity contribution < 1.29 is 4.42 Å². The number of hydrogen-bond donors (Lipinski definition) is 0. The molecule has 0 aliphatic heterocycles. The summed E-state index contributed by atoms with van der Waals surface area (Å²) < 4.78 is 10.9. The monoisotopic (exact) mass is 512 g/mol. The van der Waals surface area contributed by atoms with E-state index in [1.807, 2.05) is 12.1 Å². The third-order valence-corrected chi connectivity index (χ3v) is 8.36. The second-order valence-electron chi connectivity index (χ2n) is 10.7. The Morgan fingerprint density at radius 3 is 1.62 bits per heavy atom. The van der Waals surface area contributed by atoms with Gasteiger partial charge in [-0.15, -0.1) is 0 Å². The van der Waals surface area contributed by atoms with Crippen molar-refractivity contribution in [2.75, 3.05) is 0 Å². The lowest BCUT2D eigenvalue weighted by molar-refractivity contribution is 0.669. The molecule has 3 nitrogen and oxygen atoms in total. The van der Waals surface area contributed by atoms with Gasteiger partial charge in [-0.3, -0.25) is 0 Å². The third kappa shape index (κ3) is 2.89. The average Bonchev–Trinajstić information content (AvgIpc) is 3.64. The van der Waals surface area contributed by atoms with E-state index in [1.165, 1.54) is 54.9 Å². The van der Waals surface area contributed by atoms with Gasteiger partial charge < -0.3 is 13.6 Å². The van der Waals surface area contributed by atoms with Crippen LogP contribution in [-0.4, -0.2) is 9.13 Å². The van der Waals surface area contributed by atoms with Crippen LogP contribution in [0, 0.1) is 6.92 Å². The van der Waals surface area contributed by atoms with E-state index >= 15 is 0 Å². The topological polar surface area (TPSA) is 23.0 Å². The lowest BCUT2D eigenvalue weighted by atomic mass is 10.1. The first-order valence-electron chi connectivity index (χ1n) is 13.7. The van der Waals surface area contributed by atoms with Gasteiger partial charge in [0.15, 0.2) is 0 Å². The van der Waals surface area contributed by atoms with Crippen LogP contribution in [0.1, 0.15) is 5.56 Å². The molecule has 0 aliphatic carbocycles. The van der Waals surface area contributed by atoms with E-state index in [0.717, 1.165) is 27.6 Å². The molecule has 3 aromatic heterocycles. The molecule has 0 unspecified atom stereocenters. The molecule has 9 aromatic rings. The summed E-state index contributed by atoms with van der Waals surface area (Å²) in [6, 6.07) is 45.9. The number of aromatic nitrogens is 2. The maximum Gasteiger partial charge on any atom is 0.135 e. The van der Waals surface area contributed by atoms with E-state index in [-0.39, 0.29) is 0 Å². The van der Waals surface area contributed by atoms with Crippen LogP contribution in [0.4, 0.5) is 0 Å². The van der Waals surface area contributed by atoms with Gasteiger partial charge in [-0.1, -0.05) is 66.2 Å². The minimum absolute atomic E-state index is 0.912. The van der Waals surface area contributed by atoms with Gasteiger partial charge in [0.2, 0.25) is 0 Å². The Bertz CT molecular complexity index is 2450. The van der Waals surface area contributed by atoms with Gasteiger partial charge in [0, 0.05) is 43.7 Å². The molecular formula is C37H24N2O. The molecule has 0 atom stereocenters. The van der Waals surface area contributed by atoms with Crippen molar-refractivity contribution in [3.05, 3.63) is 133 Å². The summed E-state index contributed by atoms with van der Waals surface area (Å²) in [7, 11) is 0. The second kappa shape index (κ2) is 7.87. The third-order valence-electron chi connectivity index (χ3n) is 8.36. The van der Waals surface area contributed by atoms with Gasteiger partial charge in [-0.25, -0.2) is 0 Å². The largest absolute Gasteiger partial charge is 0.456 e. The molecule has 0 bridgehead atoms. The second-order valence-corrected chi connectivity index (χ2v) is 10.7. The van der Waals surface area contributed by atoms with Crippen molar-refractivity contribution >= 4 is 65.6 Å². The van der Waals surface area contributed by atoms with Crippen molar-refractivity contribution in [3.63, 3.8) is 0 Å². The number of benzene rings is 6. The van der Waals surface area contributed by atoms with Crippen LogP contribution in [-0.2, 0) is 0 Å². The zero-order chi connectivity index (χ0) is 26.4. The van der Waals surface area contributed by atoms with Crippen molar-refractivity contribution in [1.29, 1.82) is 0 Å². The number of aryl methyl sites for hydroxylation is 1. The molecule has 3 heterocycles. The van der Waals surface area contributed by atoms with Crippen LogP contribution < -0.4 is 0 Å². The Balaban J connectivity index is 1.34. The number of hydrogen-bond acceptors (Lipinski definition) is 1. The van der Waals surface area contributed by atoms with Crippen LogP contribution in [0.2, 0.25) is 0 Å². The number of fused-ring (bicyclic) bond motifs is 9. The molecule has 0 N–H and O–H groups in total. The maximum atomic E-state index is 6.12. The fourth-order valence-electron chi connectivity index (χ4n) is 6.60. The molecule has 6 aromatic carbocycles. The summed E-state index contributed by atoms with van der Waals surface area (Å²) in [6.45, 7) is 2.16. The van der Waals surface area contributed by atoms with E-state index in [4.69, 9.17) is 4.42 Å². The summed E-state index contributed by atoms with van der Waals surface area (Å²) in [5.74, 6) is 0. The van der Waals surface area contributed by atoms with Gasteiger partial charge in [-0.05, 0) is 73.7 Å². The van der Waals surface area contributed by atoms with Gasteiger partial charge in [0.1, 0.15) is 11.2 Å². The Morgan fingerprint density at radius 2 is 0.900 bits per heavy atom. The van der Waals surface area contributed by atoms with E-state index < -0.39 is 0 Å². The minimum atomic E-state index is 0.912. The number of para-hydroxylation sites is 3. The Kier molecular flexibility index (Phi) is 4.26. The van der Waals surface area contributed by atoms with Gasteiger partial charge in [-0.2, -0.15) is 0 Å². The highest BCUT2D eigenvalue weighted by molar-refractivity contribution is 6.13. The first-order valence-corrected chi connectivity index (χ1v) is 13.7. The average molecular weight is 513 g/mol.